The number of nitrogens with zero attached hydrogens (tertiary/aromatic N) is 1. The normalized spacial score (nSPS) is 33.5. The molecule has 0 heterocycles. The van der Waals surface area contributed by atoms with Crippen molar-refractivity contribution in [2.75, 3.05) is 33.9 Å². The minimum absolute atomic E-state index is 0.276. The maximum atomic E-state index is 5.82. The Morgan fingerprint density at radius 3 is 2.54 bits per heavy atom. The summed E-state index contributed by atoms with van der Waals surface area (Å²) in [7, 11) is 3.89. The third kappa shape index (κ3) is 2.22. The summed E-state index contributed by atoms with van der Waals surface area (Å²) in [5, 5.41) is 0. The van der Waals surface area contributed by atoms with Gasteiger partial charge in [0.2, 0.25) is 0 Å². The molecule has 0 bridgehead atoms. The molecule has 0 unspecified atom stereocenters. The molecule has 0 saturated heterocycles. The fourth-order valence-electron chi connectivity index (χ4n) is 2.34. The molecule has 1 rings (SSSR count). The average molecular weight is 186 g/mol. The summed E-state index contributed by atoms with van der Waals surface area (Å²) in [5.41, 5.74) is 6.10. The second kappa shape index (κ2) is 4.40. The molecule has 3 heteroatoms. The summed E-state index contributed by atoms with van der Waals surface area (Å²) in [4.78, 5) is 2.36. The van der Waals surface area contributed by atoms with E-state index in [0.29, 0.717) is 0 Å². The van der Waals surface area contributed by atoms with E-state index in [1.54, 1.807) is 7.11 Å². The van der Waals surface area contributed by atoms with Crippen molar-refractivity contribution < 1.29 is 4.74 Å². The molecule has 2 N–H and O–H groups in total. The second-order valence-corrected chi connectivity index (χ2v) is 4.36. The van der Waals surface area contributed by atoms with E-state index >= 15 is 0 Å². The van der Waals surface area contributed by atoms with Crippen molar-refractivity contribution in [3.05, 3.63) is 0 Å². The summed E-state index contributed by atoms with van der Waals surface area (Å²) in [6, 6.07) is 0. The van der Waals surface area contributed by atoms with Crippen molar-refractivity contribution in [2.45, 2.75) is 25.3 Å². The minimum Gasteiger partial charge on any atom is -0.383 e. The maximum absolute atomic E-state index is 5.82. The van der Waals surface area contributed by atoms with Gasteiger partial charge in [-0.3, -0.25) is 4.90 Å². The number of likely N-dealkylation sites (N-methyl/N-ethyl adjacent to an activating group) is 1. The summed E-state index contributed by atoms with van der Waals surface area (Å²) in [6.45, 7) is 4.85. The van der Waals surface area contributed by atoms with E-state index in [2.05, 4.69) is 18.9 Å². The third-order valence-corrected chi connectivity index (χ3v) is 3.28. The minimum atomic E-state index is 0.276. The van der Waals surface area contributed by atoms with Gasteiger partial charge in [-0.05, 0) is 25.8 Å². The maximum Gasteiger partial charge on any atom is 0.0589 e. The van der Waals surface area contributed by atoms with Crippen LogP contribution in [0, 0.1) is 5.92 Å². The fourth-order valence-corrected chi connectivity index (χ4v) is 2.34. The lowest BCUT2D eigenvalue weighted by Gasteiger charge is -2.52. The predicted molar refractivity (Wildman–Crippen MR) is 54.7 cm³/mol. The van der Waals surface area contributed by atoms with Crippen molar-refractivity contribution >= 4 is 0 Å². The van der Waals surface area contributed by atoms with Gasteiger partial charge in [0.1, 0.15) is 0 Å². The van der Waals surface area contributed by atoms with Crippen molar-refractivity contribution in [1.29, 1.82) is 0 Å². The Morgan fingerprint density at radius 1 is 1.54 bits per heavy atom. The molecule has 0 spiro atoms. The van der Waals surface area contributed by atoms with E-state index in [1.165, 1.54) is 12.8 Å². The lowest BCUT2D eigenvalue weighted by Crippen LogP contribution is -2.60. The highest BCUT2D eigenvalue weighted by Gasteiger charge is 2.43. The Morgan fingerprint density at radius 2 is 2.15 bits per heavy atom. The summed E-state index contributed by atoms with van der Waals surface area (Å²) in [5.74, 6) is 0.841. The van der Waals surface area contributed by atoms with Crippen LogP contribution < -0.4 is 5.73 Å². The molecule has 78 valence electrons. The first-order valence-corrected chi connectivity index (χ1v) is 5.05. The summed E-state index contributed by atoms with van der Waals surface area (Å²) in [6.07, 6.45) is 2.48. The molecular formula is C10H22N2O. The zero-order chi connectivity index (χ0) is 9.90. The predicted octanol–water partition coefficient (Wildman–Crippen LogP) is 0.692. The van der Waals surface area contributed by atoms with Crippen LogP contribution >= 0.6 is 0 Å². The molecule has 1 aliphatic carbocycles. The SMILES string of the molecule is COCCN(C)C1(CN)CC(C)C1. The molecule has 0 aromatic heterocycles. The van der Waals surface area contributed by atoms with Crippen LogP contribution in [0.5, 0.6) is 0 Å². The van der Waals surface area contributed by atoms with E-state index < -0.39 is 0 Å². The number of methoxy groups -OCH3 is 1. The quantitative estimate of drug-likeness (QED) is 0.686. The number of nitrogens with two attached hydrogens (primary N) is 1. The van der Waals surface area contributed by atoms with Crippen molar-refractivity contribution in [3.8, 4) is 0 Å². The van der Waals surface area contributed by atoms with Crippen LogP contribution in [-0.4, -0.2) is 44.3 Å². The fraction of sp³-hybridized carbons (Fsp3) is 1.00. The van der Waals surface area contributed by atoms with Gasteiger partial charge in [0.05, 0.1) is 6.61 Å². The molecule has 13 heavy (non-hydrogen) atoms. The van der Waals surface area contributed by atoms with E-state index in [1.807, 2.05) is 0 Å². The first-order chi connectivity index (χ1) is 6.14. The smallest absolute Gasteiger partial charge is 0.0589 e. The van der Waals surface area contributed by atoms with Gasteiger partial charge in [0, 0.05) is 25.7 Å². The molecule has 1 aliphatic rings. The summed E-state index contributed by atoms with van der Waals surface area (Å²) >= 11 is 0. The van der Waals surface area contributed by atoms with Gasteiger partial charge in [0.15, 0.2) is 0 Å². The van der Waals surface area contributed by atoms with Crippen LogP contribution in [0.2, 0.25) is 0 Å². The number of ether oxygens (including phenoxy) is 1. The van der Waals surface area contributed by atoms with Gasteiger partial charge in [-0.2, -0.15) is 0 Å². The highest BCUT2D eigenvalue weighted by atomic mass is 16.5. The standard InChI is InChI=1S/C10H22N2O/c1-9-6-10(7-9,8-11)12(2)4-5-13-3/h9H,4-8,11H2,1-3H3. The number of hydrogen-bond acceptors (Lipinski definition) is 3. The molecule has 0 radical (unpaired) electrons. The molecule has 1 saturated carbocycles. The average Bonchev–Trinajstić information content (AvgIpc) is 2.08. The van der Waals surface area contributed by atoms with Gasteiger partial charge in [-0.1, -0.05) is 6.92 Å². The molecule has 0 atom stereocenters. The lowest BCUT2D eigenvalue weighted by atomic mass is 9.68. The summed E-state index contributed by atoms with van der Waals surface area (Å²) < 4.78 is 5.07. The van der Waals surface area contributed by atoms with Crippen LogP contribution in [0.3, 0.4) is 0 Å². The van der Waals surface area contributed by atoms with Gasteiger partial charge in [0.25, 0.3) is 0 Å². The van der Waals surface area contributed by atoms with Gasteiger partial charge < -0.3 is 10.5 Å². The van der Waals surface area contributed by atoms with Crippen molar-refractivity contribution in [1.82, 2.24) is 4.90 Å². The molecule has 1 fully saturated rings. The van der Waals surface area contributed by atoms with Gasteiger partial charge >= 0.3 is 0 Å². The van der Waals surface area contributed by atoms with Crippen LogP contribution in [-0.2, 0) is 4.74 Å². The highest BCUT2D eigenvalue weighted by Crippen LogP contribution is 2.40. The molecule has 0 aliphatic heterocycles. The molecule has 0 amide bonds. The largest absolute Gasteiger partial charge is 0.383 e. The molecule has 3 nitrogen and oxygen atoms in total. The van der Waals surface area contributed by atoms with Gasteiger partial charge in [-0.15, -0.1) is 0 Å². The zero-order valence-electron chi connectivity index (χ0n) is 9.05. The first-order valence-electron chi connectivity index (χ1n) is 5.05. The Labute approximate surface area is 81.2 Å². The molecule has 0 aromatic carbocycles. The van der Waals surface area contributed by atoms with E-state index in [9.17, 15) is 0 Å². The monoisotopic (exact) mass is 186 g/mol. The Bertz CT molecular complexity index is 155. The highest BCUT2D eigenvalue weighted by molar-refractivity contribution is 5.01. The first kappa shape index (κ1) is 11.0. The number of rotatable bonds is 5. The molecular weight excluding hydrogens is 164 g/mol. The zero-order valence-corrected chi connectivity index (χ0v) is 9.05. The molecule has 0 aromatic rings. The van der Waals surface area contributed by atoms with Crippen LogP contribution in [0.4, 0.5) is 0 Å². The van der Waals surface area contributed by atoms with E-state index in [4.69, 9.17) is 10.5 Å². The number of hydrogen-bond donors (Lipinski definition) is 1. The Balaban J connectivity index is 2.38. The Kier molecular flexibility index (Phi) is 3.71. The second-order valence-electron chi connectivity index (χ2n) is 4.36. The Hall–Kier alpha value is -0.120. The van der Waals surface area contributed by atoms with Crippen LogP contribution in [0.25, 0.3) is 0 Å². The third-order valence-electron chi connectivity index (χ3n) is 3.28. The van der Waals surface area contributed by atoms with Crippen LogP contribution in [0.15, 0.2) is 0 Å². The van der Waals surface area contributed by atoms with Crippen molar-refractivity contribution in [3.63, 3.8) is 0 Å². The van der Waals surface area contributed by atoms with E-state index in [-0.39, 0.29) is 5.54 Å². The lowest BCUT2D eigenvalue weighted by molar-refractivity contribution is -0.00711. The van der Waals surface area contributed by atoms with Gasteiger partial charge in [-0.25, -0.2) is 0 Å². The van der Waals surface area contributed by atoms with Crippen molar-refractivity contribution in [2.24, 2.45) is 11.7 Å². The van der Waals surface area contributed by atoms with E-state index in [0.717, 1.165) is 25.6 Å². The van der Waals surface area contributed by atoms with Crippen LogP contribution in [0.1, 0.15) is 19.8 Å². The topological polar surface area (TPSA) is 38.5 Å².